The molecule has 1 aromatic carbocycles. The first kappa shape index (κ1) is 17.1. The Morgan fingerprint density at radius 2 is 2.00 bits per heavy atom. The first-order valence-corrected chi connectivity index (χ1v) is 10.3. The molecule has 128 valence electrons. The second-order valence-corrected chi connectivity index (χ2v) is 8.69. The van der Waals surface area contributed by atoms with Crippen LogP contribution in [-0.2, 0) is 14.8 Å². The molecule has 1 amide bonds. The highest BCUT2D eigenvalue weighted by molar-refractivity contribution is 7.91. The van der Waals surface area contributed by atoms with Crippen LogP contribution in [0.4, 0.5) is 5.69 Å². The van der Waals surface area contributed by atoms with E-state index in [0.717, 1.165) is 5.69 Å². The van der Waals surface area contributed by atoms with E-state index in [-0.39, 0.29) is 5.91 Å². The van der Waals surface area contributed by atoms with Crippen molar-refractivity contribution >= 4 is 33.0 Å². The number of para-hydroxylation sites is 1. The van der Waals surface area contributed by atoms with Crippen molar-refractivity contribution in [1.29, 1.82) is 0 Å². The first-order chi connectivity index (χ1) is 11.6. The smallest absolute Gasteiger partial charge is 0.253 e. The molecule has 1 aliphatic rings. The lowest BCUT2D eigenvalue weighted by Crippen LogP contribution is -2.47. The van der Waals surface area contributed by atoms with Crippen LogP contribution in [0.5, 0.6) is 0 Å². The summed E-state index contributed by atoms with van der Waals surface area (Å²) in [5.74, 6) is -0.152. The van der Waals surface area contributed by atoms with Gasteiger partial charge in [0.2, 0.25) is 5.91 Å². The zero-order chi connectivity index (χ0) is 17.2. The van der Waals surface area contributed by atoms with Crippen molar-refractivity contribution in [2.75, 3.05) is 18.0 Å². The van der Waals surface area contributed by atoms with Gasteiger partial charge in [-0.1, -0.05) is 24.3 Å². The molecule has 0 N–H and O–H groups in total. The van der Waals surface area contributed by atoms with E-state index in [0.29, 0.717) is 30.1 Å². The average molecular weight is 364 g/mol. The number of amides is 1. The fraction of sp³-hybridized carbons (Fsp3) is 0.353. The third kappa shape index (κ3) is 3.11. The van der Waals surface area contributed by atoms with E-state index in [4.69, 9.17) is 0 Å². The highest BCUT2D eigenvalue weighted by Crippen LogP contribution is 2.30. The normalized spacial score (nSPS) is 18.6. The summed E-state index contributed by atoms with van der Waals surface area (Å²) in [7, 11) is -3.61. The molecule has 1 aromatic heterocycles. The van der Waals surface area contributed by atoms with Gasteiger partial charge in [-0.3, -0.25) is 4.79 Å². The molecule has 1 saturated heterocycles. The van der Waals surface area contributed by atoms with Crippen LogP contribution in [0.3, 0.4) is 0 Å². The van der Waals surface area contributed by atoms with E-state index in [1.807, 2.05) is 37.3 Å². The van der Waals surface area contributed by atoms with E-state index in [9.17, 15) is 13.2 Å². The summed E-state index contributed by atoms with van der Waals surface area (Å²) >= 11 is 1.19. The quantitative estimate of drug-likeness (QED) is 0.820. The summed E-state index contributed by atoms with van der Waals surface area (Å²) in [5, 5.41) is 1.74. The molecule has 2 heterocycles. The highest BCUT2D eigenvalue weighted by Gasteiger charge is 2.41. The number of carbonyl (C=O) groups is 1. The molecular weight excluding hydrogens is 344 g/mol. The van der Waals surface area contributed by atoms with Gasteiger partial charge in [0.05, 0.1) is 0 Å². The van der Waals surface area contributed by atoms with Gasteiger partial charge in [-0.25, -0.2) is 8.42 Å². The van der Waals surface area contributed by atoms with Crippen molar-refractivity contribution in [3.63, 3.8) is 0 Å². The lowest BCUT2D eigenvalue weighted by atomic mass is 10.2. The van der Waals surface area contributed by atoms with E-state index in [1.165, 1.54) is 15.6 Å². The number of carbonyl (C=O) groups excluding carboxylic acids is 1. The van der Waals surface area contributed by atoms with Crippen molar-refractivity contribution in [2.24, 2.45) is 0 Å². The summed E-state index contributed by atoms with van der Waals surface area (Å²) in [4.78, 5) is 14.7. The molecule has 0 aliphatic carbocycles. The second kappa shape index (κ2) is 7.04. The summed E-state index contributed by atoms with van der Waals surface area (Å²) in [6.45, 7) is 2.80. The maximum absolute atomic E-state index is 13.0. The number of benzene rings is 1. The number of nitrogens with zero attached hydrogens (tertiary/aromatic N) is 2. The van der Waals surface area contributed by atoms with E-state index in [1.54, 1.807) is 22.4 Å². The number of thiophene rings is 1. The van der Waals surface area contributed by atoms with Crippen molar-refractivity contribution in [2.45, 2.75) is 30.0 Å². The molecule has 1 aliphatic heterocycles. The molecule has 0 radical (unpaired) electrons. The Morgan fingerprint density at radius 3 is 2.62 bits per heavy atom. The summed E-state index contributed by atoms with van der Waals surface area (Å²) < 4.78 is 27.3. The van der Waals surface area contributed by atoms with Crippen molar-refractivity contribution < 1.29 is 13.2 Å². The molecule has 1 unspecified atom stereocenters. The summed E-state index contributed by atoms with van der Waals surface area (Å²) in [5.41, 5.74) is 0.797. The molecule has 1 fully saturated rings. The van der Waals surface area contributed by atoms with E-state index in [2.05, 4.69) is 0 Å². The first-order valence-electron chi connectivity index (χ1n) is 7.97. The Hall–Kier alpha value is -1.70. The third-order valence-corrected chi connectivity index (χ3v) is 7.48. The van der Waals surface area contributed by atoms with Crippen LogP contribution in [-0.4, -0.2) is 37.8 Å². The highest BCUT2D eigenvalue weighted by atomic mass is 32.2. The van der Waals surface area contributed by atoms with Crippen molar-refractivity contribution in [1.82, 2.24) is 4.31 Å². The Balaban J connectivity index is 1.89. The van der Waals surface area contributed by atoms with Gasteiger partial charge in [-0.15, -0.1) is 11.3 Å². The molecular formula is C17H20N2O3S2. The number of rotatable bonds is 5. The molecule has 24 heavy (non-hydrogen) atoms. The molecule has 2 aromatic rings. The van der Waals surface area contributed by atoms with Crippen LogP contribution in [0, 0.1) is 0 Å². The molecule has 3 rings (SSSR count). The Kier molecular flexibility index (Phi) is 5.03. The number of hydrogen-bond donors (Lipinski definition) is 0. The predicted molar refractivity (Wildman–Crippen MR) is 95.7 cm³/mol. The maximum Gasteiger partial charge on any atom is 0.253 e. The monoisotopic (exact) mass is 364 g/mol. The van der Waals surface area contributed by atoms with Crippen LogP contribution < -0.4 is 4.90 Å². The maximum atomic E-state index is 13.0. The molecule has 1 atom stereocenters. The zero-order valence-electron chi connectivity index (χ0n) is 13.5. The number of likely N-dealkylation sites (N-methyl/N-ethyl adjacent to an activating group) is 1. The van der Waals surface area contributed by atoms with Gasteiger partial charge in [0.15, 0.2) is 0 Å². The molecule has 5 nitrogen and oxygen atoms in total. The van der Waals surface area contributed by atoms with Crippen LogP contribution in [0.1, 0.15) is 19.8 Å². The summed E-state index contributed by atoms with van der Waals surface area (Å²) in [6, 6.07) is 12.1. The number of anilines is 1. The Morgan fingerprint density at radius 1 is 1.25 bits per heavy atom. The van der Waals surface area contributed by atoms with Gasteiger partial charge < -0.3 is 4.90 Å². The SMILES string of the molecule is CCN(C(=O)C1CCCN1S(=O)(=O)c1cccs1)c1ccccc1. The van der Waals surface area contributed by atoms with Crippen LogP contribution in [0.2, 0.25) is 0 Å². The van der Waals surface area contributed by atoms with E-state index < -0.39 is 16.1 Å². The fourth-order valence-corrected chi connectivity index (χ4v) is 5.82. The fourth-order valence-electron chi connectivity index (χ4n) is 3.05. The van der Waals surface area contributed by atoms with Gasteiger partial charge in [0.1, 0.15) is 10.3 Å². The third-order valence-electron chi connectivity index (χ3n) is 4.20. The van der Waals surface area contributed by atoms with Crippen LogP contribution in [0.15, 0.2) is 52.1 Å². The molecule has 0 saturated carbocycles. The topological polar surface area (TPSA) is 57.7 Å². The minimum atomic E-state index is -3.61. The lowest BCUT2D eigenvalue weighted by Gasteiger charge is -2.29. The summed E-state index contributed by atoms with van der Waals surface area (Å²) in [6.07, 6.45) is 1.26. The van der Waals surface area contributed by atoms with Crippen molar-refractivity contribution in [3.05, 3.63) is 47.8 Å². The van der Waals surface area contributed by atoms with Gasteiger partial charge >= 0.3 is 0 Å². The zero-order valence-corrected chi connectivity index (χ0v) is 15.1. The van der Waals surface area contributed by atoms with Gasteiger partial charge in [-0.05, 0) is 43.3 Å². The van der Waals surface area contributed by atoms with Crippen molar-refractivity contribution in [3.8, 4) is 0 Å². The van der Waals surface area contributed by atoms with E-state index >= 15 is 0 Å². The standard InChI is InChI=1S/C17H20N2O3S2/c1-2-18(14-8-4-3-5-9-14)17(20)15-10-6-12-19(15)24(21,22)16-11-7-13-23-16/h3-5,7-9,11,13,15H,2,6,10,12H2,1H3. The largest absolute Gasteiger partial charge is 0.311 e. The molecule has 7 heteroatoms. The number of hydrogen-bond acceptors (Lipinski definition) is 4. The van der Waals surface area contributed by atoms with Gasteiger partial charge in [0.25, 0.3) is 10.0 Å². The minimum Gasteiger partial charge on any atom is -0.311 e. The van der Waals surface area contributed by atoms with Crippen LogP contribution >= 0.6 is 11.3 Å². The number of sulfonamides is 1. The predicted octanol–water partition coefficient (Wildman–Crippen LogP) is 2.95. The molecule has 0 bridgehead atoms. The van der Waals surface area contributed by atoms with Gasteiger partial charge in [-0.2, -0.15) is 4.31 Å². The second-order valence-electron chi connectivity index (χ2n) is 5.62. The van der Waals surface area contributed by atoms with Crippen LogP contribution in [0.25, 0.3) is 0 Å². The van der Waals surface area contributed by atoms with Gasteiger partial charge in [0, 0.05) is 18.8 Å². The Labute approximate surface area is 146 Å². The average Bonchev–Trinajstić information content (AvgIpc) is 3.28. The minimum absolute atomic E-state index is 0.152. The molecule has 0 spiro atoms. The lowest BCUT2D eigenvalue weighted by molar-refractivity contribution is -0.121. The Bertz CT molecular complexity index is 789.